The van der Waals surface area contributed by atoms with Gasteiger partial charge in [-0.3, -0.25) is 4.79 Å². The molecule has 0 saturated carbocycles. The number of carbonyl (C=O) groups is 1. The number of nitrogens with zero attached hydrogens (tertiary/aromatic N) is 3. The van der Waals surface area contributed by atoms with E-state index in [1.807, 2.05) is 0 Å². The molecule has 2 aromatic heterocycles. The molecule has 0 aliphatic carbocycles. The third kappa shape index (κ3) is 3.79. The smallest absolute Gasteiger partial charge is 0.307 e. The summed E-state index contributed by atoms with van der Waals surface area (Å²) in [4.78, 5) is 16.0. The molecular weight excluding hydrogens is 391 g/mol. The standard InChI is InChI=1S/C17H16BrFN4O2/c1-2-25-16(24)7-8-20-15-9-14(11-5-3-4-6-13(11)19)22-17-12(18)10-21-23(15)17/h3-6,9-10,20H,2,7-8H2,1H3. The number of rotatable bonds is 6. The highest BCUT2D eigenvalue weighted by Crippen LogP contribution is 2.27. The molecule has 2 heterocycles. The molecular formula is C17H16BrFN4O2. The zero-order valence-electron chi connectivity index (χ0n) is 13.5. The number of carbonyl (C=O) groups excluding carboxylic acids is 1. The summed E-state index contributed by atoms with van der Waals surface area (Å²) < 4.78 is 21.3. The van der Waals surface area contributed by atoms with Crippen molar-refractivity contribution in [2.24, 2.45) is 0 Å². The molecule has 3 aromatic rings. The van der Waals surface area contributed by atoms with Crippen LogP contribution >= 0.6 is 15.9 Å². The Hall–Kier alpha value is -2.48. The van der Waals surface area contributed by atoms with Crippen LogP contribution < -0.4 is 5.32 Å². The minimum absolute atomic E-state index is 0.217. The van der Waals surface area contributed by atoms with E-state index in [0.29, 0.717) is 40.3 Å². The van der Waals surface area contributed by atoms with Gasteiger partial charge < -0.3 is 10.1 Å². The van der Waals surface area contributed by atoms with E-state index < -0.39 is 0 Å². The van der Waals surface area contributed by atoms with E-state index in [1.165, 1.54) is 6.07 Å². The molecule has 3 rings (SSSR count). The summed E-state index contributed by atoms with van der Waals surface area (Å²) in [5.74, 6) is -0.0259. The number of hydrogen-bond acceptors (Lipinski definition) is 5. The highest BCUT2D eigenvalue weighted by atomic mass is 79.9. The molecule has 1 N–H and O–H groups in total. The van der Waals surface area contributed by atoms with Crippen LogP contribution in [0.5, 0.6) is 0 Å². The Bertz CT molecular complexity index is 913. The first-order chi connectivity index (χ1) is 12.1. The fourth-order valence-corrected chi connectivity index (χ4v) is 2.74. The number of halogens is 2. The van der Waals surface area contributed by atoms with Crippen molar-refractivity contribution in [3.8, 4) is 11.3 Å². The van der Waals surface area contributed by atoms with Crippen molar-refractivity contribution in [2.45, 2.75) is 13.3 Å². The molecule has 0 radical (unpaired) electrons. The van der Waals surface area contributed by atoms with E-state index in [0.717, 1.165) is 0 Å². The SMILES string of the molecule is CCOC(=O)CCNc1cc(-c2ccccc2F)nc2c(Br)cnn12. The fraction of sp³-hybridized carbons (Fsp3) is 0.235. The predicted octanol–water partition coefficient (Wildman–Crippen LogP) is 3.66. The van der Waals surface area contributed by atoms with Crippen molar-refractivity contribution in [1.29, 1.82) is 0 Å². The van der Waals surface area contributed by atoms with Crippen molar-refractivity contribution in [3.63, 3.8) is 0 Å². The van der Waals surface area contributed by atoms with Gasteiger partial charge in [0.25, 0.3) is 0 Å². The number of fused-ring (bicyclic) bond motifs is 1. The maximum atomic E-state index is 14.1. The lowest BCUT2D eigenvalue weighted by Gasteiger charge is -2.11. The molecule has 0 amide bonds. The number of anilines is 1. The molecule has 0 spiro atoms. The van der Waals surface area contributed by atoms with Crippen LogP contribution in [0.2, 0.25) is 0 Å². The summed E-state index contributed by atoms with van der Waals surface area (Å²) >= 11 is 3.40. The normalized spacial score (nSPS) is 10.8. The van der Waals surface area contributed by atoms with Gasteiger partial charge in [0.2, 0.25) is 0 Å². The number of ether oxygens (including phenoxy) is 1. The van der Waals surface area contributed by atoms with Crippen molar-refractivity contribution in [3.05, 3.63) is 46.8 Å². The number of esters is 1. The molecule has 0 saturated heterocycles. The molecule has 0 atom stereocenters. The predicted molar refractivity (Wildman–Crippen MR) is 95.8 cm³/mol. The first-order valence-electron chi connectivity index (χ1n) is 7.79. The Morgan fingerprint density at radius 3 is 2.96 bits per heavy atom. The Morgan fingerprint density at radius 1 is 1.40 bits per heavy atom. The second-order valence-electron chi connectivity index (χ2n) is 5.22. The van der Waals surface area contributed by atoms with Gasteiger partial charge in [0.15, 0.2) is 5.65 Å². The van der Waals surface area contributed by atoms with Gasteiger partial charge >= 0.3 is 5.97 Å². The van der Waals surface area contributed by atoms with Gasteiger partial charge in [0.1, 0.15) is 11.6 Å². The van der Waals surface area contributed by atoms with E-state index in [9.17, 15) is 9.18 Å². The van der Waals surface area contributed by atoms with Gasteiger partial charge in [-0.05, 0) is 35.0 Å². The summed E-state index contributed by atoms with van der Waals surface area (Å²) in [5, 5.41) is 7.38. The number of benzene rings is 1. The highest BCUT2D eigenvalue weighted by Gasteiger charge is 2.14. The largest absolute Gasteiger partial charge is 0.466 e. The van der Waals surface area contributed by atoms with Crippen LogP contribution in [0.4, 0.5) is 10.2 Å². The van der Waals surface area contributed by atoms with Gasteiger partial charge in [-0.1, -0.05) is 12.1 Å². The van der Waals surface area contributed by atoms with Gasteiger partial charge in [-0.2, -0.15) is 9.61 Å². The van der Waals surface area contributed by atoms with Crippen LogP contribution in [-0.2, 0) is 9.53 Å². The summed E-state index contributed by atoms with van der Waals surface area (Å²) in [7, 11) is 0. The van der Waals surface area contributed by atoms with Crippen LogP contribution in [-0.4, -0.2) is 33.7 Å². The molecule has 25 heavy (non-hydrogen) atoms. The van der Waals surface area contributed by atoms with E-state index in [2.05, 4.69) is 31.3 Å². The van der Waals surface area contributed by atoms with Gasteiger partial charge in [0, 0.05) is 18.2 Å². The van der Waals surface area contributed by atoms with Crippen molar-refractivity contribution < 1.29 is 13.9 Å². The average molecular weight is 407 g/mol. The lowest BCUT2D eigenvalue weighted by atomic mass is 10.1. The van der Waals surface area contributed by atoms with Crippen LogP contribution in [0, 0.1) is 5.82 Å². The lowest BCUT2D eigenvalue weighted by Crippen LogP contribution is -2.13. The van der Waals surface area contributed by atoms with Gasteiger partial charge in [0.05, 0.1) is 29.4 Å². The maximum absolute atomic E-state index is 14.1. The zero-order valence-corrected chi connectivity index (χ0v) is 15.1. The van der Waals surface area contributed by atoms with Crippen LogP contribution in [0.3, 0.4) is 0 Å². The second-order valence-corrected chi connectivity index (χ2v) is 6.07. The molecule has 8 heteroatoms. The van der Waals surface area contributed by atoms with Crippen LogP contribution in [0.25, 0.3) is 16.9 Å². The average Bonchev–Trinajstić information content (AvgIpc) is 2.97. The van der Waals surface area contributed by atoms with Gasteiger partial charge in [-0.25, -0.2) is 9.37 Å². The third-order valence-electron chi connectivity index (χ3n) is 3.52. The Kier molecular flexibility index (Phi) is 5.28. The third-order valence-corrected chi connectivity index (χ3v) is 4.08. The molecule has 0 bridgehead atoms. The Labute approximate surface area is 152 Å². The number of nitrogens with one attached hydrogen (secondary N) is 1. The fourth-order valence-electron chi connectivity index (χ4n) is 2.39. The van der Waals surface area contributed by atoms with E-state index in [4.69, 9.17) is 4.74 Å². The Morgan fingerprint density at radius 2 is 2.20 bits per heavy atom. The lowest BCUT2D eigenvalue weighted by molar-refractivity contribution is -0.142. The molecule has 6 nitrogen and oxygen atoms in total. The molecule has 0 aliphatic heterocycles. The van der Waals surface area contributed by atoms with Crippen molar-refractivity contribution >= 4 is 33.4 Å². The Balaban J connectivity index is 1.94. The minimum atomic E-state index is -0.354. The topological polar surface area (TPSA) is 68.5 Å². The summed E-state index contributed by atoms with van der Waals surface area (Å²) in [5.41, 5.74) is 1.43. The number of hydrogen-bond donors (Lipinski definition) is 1. The maximum Gasteiger partial charge on any atom is 0.307 e. The zero-order chi connectivity index (χ0) is 17.8. The van der Waals surface area contributed by atoms with E-state index in [-0.39, 0.29) is 18.2 Å². The van der Waals surface area contributed by atoms with Crippen LogP contribution in [0.1, 0.15) is 13.3 Å². The molecule has 1 aromatic carbocycles. The second kappa shape index (κ2) is 7.60. The first kappa shape index (κ1) is 17.3. The van der Waals surface area contributed by atoms with Crippen molar-refractivity contribution in [2.75, 3.05) is 18.5 Å². The molecule has 0 unspecified atom stereocenters. The monoisotopic (exact) mass is 406 g/mol. The quantitative estimate of drug-likeness (QED) is 0.632. The van der Waals surface area contributed by atoms with Crippen molar-refractivity contribution in [1.82, 2.24) is 14.6 Å². The molecule has 130 valence electrons. The first-order valence-corrected chi connectivity index (χ1v) is 8.58. The van der Waals surface area contributed by atoms with Crippen LogP contribution in [0.15, 0.2) is 41.0 Å². The number of aromatic nitrogens is 3. The minimum Gasteiger partial charge on any atom is -0.466 e. The highest BCUT2D eigenvalue weighted by molar-refractivity contribution is 9.10. The van der Waals surface area contributed by atoms with Gasteiger partial charge in [-0.15, -0.1) is 0 Å². The molecule has 0 aliphatic rings. The van der Waals surface area contributed by atoms with E-state index >= 15 is 0 Å². The summed E-state index contributed by atoms with van der Waals surface area (Å²) in [6.45, 7) is 2.48. The molecule has 0 fully saturated rings. The summed E-state index contributed by atoms with van der Waals surface area (Å²) in [6, 6.07) is 8.14. The summed E-state index contributed by atoms with van der Waals surface area (Å²) in [6.07, 6.45) is 1.83. The van der Waals surface area contributed by atoms with E-state index in [1.54, 1.807) is 41.9 Å².